The van der Waals surface area contributed by atoms with Crippen molar-refractivity contribution in [2.24, 2.45) is 11.7 Å². The Bertz CT molecular complexity index is 770. The smallest absolute Gasteiger partial charge is 0.227 e. The molecule has 5 heteroatoms. The lowest BCUT2D eigenvalue weighted by Gasteiger charge is -2.13. The molecule has 1 fully saturated rings. The van der Waals surface area contributed by atoms with Gasteiger partial charge >= 0.3 is 0 Å². The van der Waals surface area contributed by atoms with Crippen LogP contribution in [0.1, 0.15) is 49.3 Å². The van der Waals surface area contributed by atoms with Gasteiger partial charge in [-0.05, 0) is 36.1 Å². The molecule has 0 aliphatic heterocycles. The van der Waals surface area contributed by atoms with Crippen molar-refractivity contribution >= 4 is 17.5 Å². The maximum absolute atomic E-state index is 12.3. The molecule has 0 radical (unpaired) electrons. The van der Waals surface area contributed by atoms with Gasteiger partial charge in [0, 0.05) is 30.6 Å². The summed E-state index contributed by atoms with van der Waals surface area (Å²) in [5.41, 5.74) is 8.77. The minimum absolute atomic E-state index is 0.0910. The summed E-state index contributed by atoms with van der Waals surface area (Å²) in [5.74, 6) is 0.141. The predicted octanol–water partition coefficient (Wildman–Crippen LogP) is 3.52. The van der Waals surface area contributed by atoms with E-state index < -0.39 is 0 Å². The molecule has 5 nitrogen and oxygen atoms in total. The molecule has 0 heterocycles. The van der Waals surface area contributed by atoms with E-state index >= 15 is 0 Å². The van der Waals surface area contributed by atoms with Crippen molar-refractivity contribution in [3.63, 3.8) is 0 Å². The molecule has 142 valence electrons. The summed E-state index contributed by atoms with van der Waals surface area (Å²) in [4.78, 5) is 24.4. The Morgan fingerprint density at radius 2 is 1.78 bits per heavy atom. The van der Waals surface area contributed by atoms with Gasteiger partial charge in [-0.15, -0.1) is 0 Å². The van der Waals surface area contributed by atoms with Crippen molar-refractivity contribution < 1.29 is 9.59 Å². The summed E-state index contributed by atoms with van der Waals surface area (Å²) >= 11 is 0. The van der Waals surface area contributed by atoms with Gasteiger partial charge in [-0.25, -0.2) is 0 Å². The highest BCUT2D eigenvalue weighted by Crippen LogP contribution is 2.26. The van der Waals surface area contributed by atoms with Gasteiger partial charge in [0.2, 0.25) is 11.8 Å². The Balaban J connectivity index is 1.49. The maximum atomic E-state index is 12.3. The number of hydrogen-bond acceptors (Lipinski definition) is 3. The third-order valence-electron chi connectivity index (χ3n) is 5.04. The fourth-order valence-corrected chi connectivity index (χ4v) is 3.48. The monoisotopic (exact) mass is 365 g/mol. The molecule has 2 aromatic rings. The van der Waals surface area contributed by atoms with Crippen molar-refractivity contribution in [1.29, 1.82) is 0 Å². The first kappa shape index (κ1) is 19.1. The van der Waals surface area contributed by atoms with Crippen LogP contribution in [0.25, 0.3) is 0 Å². The number of benzene rings is 2. The second kappa shape index (κ2) is 9.33. The Morgan fingerprint density at radius 3 is 2.52 bits per heavy atom. The minimum atomic E-state index is -0.316. The van der Waals surface area contributed by atoms with Crippen molar-refractivity contribution in [3.8, 4) is 0 Å². The van der Waals surface area contributed by atoms with Crippen LogP contribution in [0.15, 0.2) is 54.6 Å². The van der Waals surface area contributed by atoms with Gasteiger partial charge in [0.1, 0.15) is 0 Å². The molecule has 1 aliphatic carbocycles. The van der Waals surface area contributed by atoms with E-state index in [4.69, 9.17) is 5.73 Å². The Hall–Kier alpha value is -2.66. The number of carbonyl (C=O) groups is 2. The lowest BCUT2D eigenvalue weighted by atomic mass is 10.0. The zero-order chi connectivity index (χ0) is 19.1. The van der Waals surface area contributed by atoms with Crippen LogP contribution < -0.4 is 16.4 Å². The largest absolute Gasteiger partial charge is 0.352 e. The number of rotatable bonds is 7. The third kappa shape index (κ3) is 5.66. The first-order chi connectivity index (χ1) is 13.1. The van der Waals surface area contributed by atoms with Crippen LogP contribution in [-0.2, 0) is 16.1 Å². The molecule has 0 aromatic heterocycles. The highest BCUT2D eigenvalue weighted by Gasteiger charge is 2.22. The van der Waals surface area contributed by atoms with Gasteiger partial charge in [0.05, 0.1) is 0 Å². The zero-order valence-electron chi connectivity index (χ0n) is 15.5. The molecule has 0 bridgehead atoms. The normalized spacial score (nSPS) is 15.3. The Morgan fingerprint density at radius 1 is 1.04 bits per heavy atom. The molecular weight excluding hydrogens is 338 g/mol. The van der Waals surface area contributed by atoms with Crippen LogP contribution in [0.5, 0.6) is 0 Å². The van der Waals surface area contributed by atoms with E-state index in [0.717, 1.165) is 42.5 Å². The number of amides is 2. The minimum Gasteiger partial charge on any atom is -0.352 e. The molecule has 0 spiro atoms. The number of nitrogens with one attached hydrogen (secondary N) is 2. The number of nitrogens with two attached hydrogens (primary N) is 1. The first-order valence-corrected chi connectivity index (χ1v) is 9.59. The summed E-state index contributed by atoms with van der Waals surface area (Å²) < 4.78 is 0. The zero-order valence-corrected chi connectivity index (χ0v) is 15.5. The average Bonchev–Trinajstić information content (AvgIpc) is 3.22. The summed E-state index contributed by atoms with van der Waals surface area (Å²) in [6.45, 7) is 0.410. The third-order valence-corrected chi connectivity index (χ3v) is 5.04. The van der Waals surface area contributed by atoms with Crippen molar-refractivity contribution in [2.75, 3.05) is 5.32 Å². The summed E-state index contributed by atoms with van der Waals surface area (Å²) in [6, 6.07) is 16.9. The van der Waals surface area contributed by atoms with E-state index in [0.29, 0.717) is 6.54 Å². The number of hydrogen-bond donors (Lipinski definition) is 3. The van der Waals surface area contributed by atoms with E-state index in [2.05, 4.69) is 10.6 Å². The summed E-state index contributed by atoms with van der Waals surface area (Å²) in [5, 5.41) is 5.90. The topological polar surface area (TPSA) is 84.2 Å². The standard InChI is InChI=1S/C22H27N3O2/c23-20(17-8-2-1-3-9-17)14-21(26)24-15-16-7-6-12-19(13-16)25-22(27)18-10-4-5-11-18/h1-3,6-9,12-13,18,20H,4-5,10-11,14-15,23H2,(H,24,26)(H,25,27). The van der Waals surface area contributed by atoms with Gasteiger partial charge in [0.25, 0.3) is 0 Å². The van der Waals surface area contributed by atoms with Crippen LogP contribution in [0.2, 0.25) is 0 Å². The van der Waals surface area contributed by atoms with Crippen molar-refractivity contribution in [1.82, 2.24) is 5.32 Å². The molecule has 2 amide bonds. The Labute approximate surface area is 160 Å². The van der Waals surface area contributed by atoms with E-state index in [-0.39, 0.29) is 30.2 Å². The predicted molar refractivity (Wildman–Crippen MR) is 107 cm³/mol. The highest BCUT2D eigenvalue weighted by atomic mass is 16.2. The SMILES string of the molecule is NC(CC(=O)NCc1cccc(NC(=O)C2CCCC2)c1)c1ccccc1. The second-order valence-corrected chi connectivity index (χ2v) is 7.17. The lowest BCUT2D eigenvalue weighted by Crippen LogP contribution is -2.27. The average molecular weight is 365 g/mol. The van der Waals surface area contributed by atoms with E-state index in [9.17, 15) is 9.59 Å². The fourth-order valence-electron chi connectivity index (χ4n) is 3.48. The molecule has 1 saturated carbocycles. The van der Waals surface area contributed by atoms with Gasteiger partial charge < -0.3 is 16.4 Å². The quantitative estimate of drug-likeness (QED) is 0.702. The molecule has 1 aliphatic rings. The lowest BCUT2D eigenvalue weighted by molar-refractivity contribution is -0.121. The van der Waals surface area contributed by atoms with Gasteiger partial charge in [-0.1, -0.05) is 55.3 Å². The first-order valence-electron chi connectivity index (χ1n) is 9.59. The fraction of sp³-hybridized carbons (Fsp3) is 0.364. The van der Waals surface area contributed by atoms with Crippen LogP contribution in [-0.4, -0.2) is 11.8 Å². The van der Waals surface area contributed by atoms with Crippen LogP contribution >= 0.6 is 0 Å². The molecule has 1 unspecified atom stereocenters. The number of anilines is 1. The van der Waals surface area contributed by atoms with Crippen molar-refractivity contribution in [2.45, 2.75) is 44.7 Å². The summed E-state index contributed by atoms with van der Waals surface area (Å²) in [6.07, 6.45) is 4.46. The maximum Gasteiger partial charge on any atom is 0.227 e. The number of carbonyl (C=O) groups excluding carboxylic acids is 2. The van der Waals surface area contributed by atoms with Crippen LogP contribution in [0, 0.1) is 5.92 Å². The van der Waals surface area contributed by atoms with E-state index in [1.807, 2.05) is 54.6 Å². The Kier molecular flexibility index (Phi) is 6.60. The van der Waals surface area contributed by atoms with Gasteiger partial charge in [-0.3, -0.25) is 9.59 Å². The molecule has 0 saturated heterocycles. The van der Waals surface area contributed by atoms with E-state index in [1.54, 1.807) is 0 Å². The van der Waals surface area contributed by atoms with Crippen LogP contribution in [0.4, 0.5) is 5.69 Å². The molecule has 3 rings (SSSR count). The summed E-state index contributed by atoms with van der Waals surface area (Å²) in [7, 11) is 0. The van der Waals surface area contributed by atoms with E-state index in [1.165, 1.54) is 0 Å². The molecular formula is C22H27N3O2. The van der Waals surface area contributed by atoms with Crippen molar-refractivity contribution in [3.05, 3.63) is 65.7 Å². The van der Waals surface area contributed by atoms with Gasteiger partial charge in [-0.2, -0.15) is 0 Å². The molecule has 2 aromatic carbocycles. The molecule has 4 N–H and O–H groups in total. The molecule has 27 heavy (non-hydrogen) atoms. The van der Waals surface area contributed by atoms with Gasteiger partial charge in [0.15, 0.2) is 0 Å². The van der Waals surface area contributed by atoms with Crippen LogP contribution in [0.3, 0.4) is 0 Å². The molecule has 1 atom stereocenters. The highest BCUT2D eigenvalue weighted by molar-refractivity contribution is 5.92. The second-order valence-electron chi connectivity index (χ2n) is 7.17.